The third-order valence-corrected chi connectivity index (χ3v) is 5.11. The van der Waals surface area contributed by atoms with Crippen LogP contribution in [0.3, 0.4) is 0 Å². The first-order valence-electron chi connectivity index (χ1n) is 8.72. The summed E-state index contributed by atoms with van der Waals surface area (Å²) in [4.78, 5) is 14.5. The fourth-order valence-electron chi connectivity index (χ4n) is 3.03. The van der Waals surface area contributed by atoms with E-state index in [2.05, 4.69) is 44.5 Å². The number of benzene rings is 1. The minimum Gasteiger partial charge on any atom is -0.379 e. The van der Waals surface area contributed by atoms with Crippen molar-refractivity contribution in [1.82, 2.24) is 15.5 Å². The Bertz CT molecular complexity index is 627. The molecule has 1 atom stereocenters. The lowest BCUT2D eigenvalue weighted by atomic mass is 10.1. The largest absolute Gasteiger partial charge is 0.379 e. The van der Waals surface area contributed by atoms with E-state index in [1.807, 2.05) is 18.2 Å². The zero-order valence-electron chi connectivity index (χ0n) is 14.3. The number of hydrogen-bond donors (Lipinski definition) is 2. The van der Waals surface area contributed by atoms with E-state index < -0.39 is 0 Å². The van der Waals surface area contributed by atoms with E-state index in [-0.39, 0.29) is 12.1 Å². The number of amides is 2. The van der Waals surface area contributed by atoms with E-state index in [0.29, 0.717) is 13.1 Å². The first-order valence-corrected chi connectivity index (χ1v) is 9.67. The third-order valence-electron chi connectivity index (χ3n) is 4.41. The minimum absolute atomic E-state index is 0.107. The van der Waals surface area contributed by atoms with Crippen LogP contribution in [-0.2, 0) is 11.2 Å². The predicted molar refractivity (Wildman–Crippen MR) is 101 cm³/mol. The highest BCUT2D eigenvalue weighted by Crippen LogP contribution is 2.23. The second kappa shape index (κ2) is 9.56. The van der Waals surface area contributed by atoms with Crippen LogP contribution in [0.1, 0.15) is 17.2 Å². The van der Waals surface area contributed by atoms with Gasteiger partial charge >= 0.3 is 6.03 Å². The number of rotatable bonds is 7. The molecule has 3 rings (SSSR count). The summed E-state index contributed by atoms with van der Waals surface area (Å²) >= 11 is 1.69. The number of thiophene rings is 1. The Balaban J connectivity index is 1.46. The molecule has 134 valence electrons. The van der Waals surface area contributed by atoms with Crippen molar-refractivity contribution < 1.29 is 9.53 Å². The summed E-state index contributed by atoms with van der Waals surface area (Å²) in [5.41, 5.74) is 2.49. The highest BCUT2D eigenvalue weighted by atomic mass is 32.1. The van der Waals surface area contributed by atoms with Gasteiger partial charge in [-0.15, -0.1) is 0 Å². The molecular formula is C19H25N3O2S. The number of carbonyl (C=O) groups is 1. The lowest BCUT2D eigenvalue weighted by Gasteiger charge is -2.34. The molecule has 1 saturated heterocycles. The van der Waals surface area contributed by atoms with E-state index in [1.54, 1.807) is 11.3 Å². The summed E-state index contributed by atoms with van der Waals surface area (Å²) in [6.07, 6.45) is 0.839. The van der Waals surface area contributed by atoms with Gasteiger partial charge in [0.1, 0.15) is 0 Å². The standard InChI is InChI=1S/C19H25N3O2S/c23-19(20-8-6-16-4-2-1-3-5-16)21-14-18(17-7-13-25-15-17)22-9-11-24-12-10-22/h1-5,7,13,15,18H,6,8-12,14H2,(H2,20,21,23). The highest BCUT2D eigenvalue weighted by Gasteiger charge is 2.23. The minimum atomic E-state index is -0.107. The average molecular weight is 359 g/mol. The third kappa shape index (κ3) is 5.56. The van der Waals surface area contributed by atoms with Crippen LogP contribution >= 0.6 is 11.3 Å². The average Bonchev–Trinajstić information content (AvgIpc) is 3.18. The molecule has 6 heteroatoms. The quantitative estimate of drug-likeness (QED) is 0.799. The van der Waals surface area contributed by atoms with Gasteiger partial charge in [-0.1, -0.05) is 30.3 Å². The van der Waals surface area contributed by atoms with Gasteiger partial charge in [0.25, 0.3) is 0 Å². The maximum absolute atomic E-state index is 12.1. The summed E-state index contributed by atoms with van der Waals surface area (Å²) in [7, 11) is 0. The van der Waals surface area contributed by atoms with Crippen LogP contribution in [0.5, 0.6) is 0 Å². The van der Waals surface area contributed by atoms with Crippen molar-refractivity contribution in [3.63, 3.8) is 0 Å². The molecule has 1 aromatic carbocycles. The van der Waals surface area contributed by atoms with E-state index in [4.69, 9.17) is 4.74 Å². The first kappa shape index (κ1) is 17.9. The van der Waals surface area contributed by atoms with Crippen molar-refractivity contribution in [2.45, 2.75) is 12.5 Å². The molecular weight excluding hydrogens is 334 g/mol. The lowest BCUT2D eigenvalue weighted by Crippen LogP contribution is -2.45. The van der Waals surface area contributed by atoms with Crippen LogP contribution in [0.4, 0.5) is 4.79 Å². The van der Waals surface area contributed by atoms with Crippen LogP contribution in [0, 0.1) is 0 Å². The Hall–Kier alpha value is -1.89. The van der Waals surface area contributed by atoms with Crippen LogP contribution < -0.4 is 10.6 Å². The zero-order chi connectivity index (χ0) is 17.3. The van der Waals surface area contributed by atoms with Gasteiger partial charge in [0.05, 0.1) is 19.3 Å². The van der Waals surface area contributed by atoms with Crippen LogP contribution in [-0.4, -0.2) is 50.3 Å². The second-order valence-corrected chi connectivity index (χ2v) is 6.87. The highest BCUT2D eigenvalue weighted by molar-refractivity contribution is 7.07. The normalized spacial score (nSPS) is 16.3. The Morgan fingerprint density at radius 2 is 1.96 bits per heavy atom. The summed E-state index contributed by atoms with van der Waals surface area (Å²) < 4.78 is 5.45. The summed E-state index contributed by atoms with van der Waals surface area (Å²) in [6.45, 7) is 4.55. The molecule has 2 N–H and O–H groups in total. The second-order valence-electron chi connectivity index (χ2n) is 6.09. The number of urea groups is 1. The van der Waals surface area contributed by atoms with Crippen molar-refractivity contribution in [3.8, 4) is 0 Å². The van der Waals surface area contributed by atoms with Crippen LogP contribution in [0.2, 0.25) is 0 Å². The molecule has 1 fully saturated rings. The van der Waals surface area contributed by atoms with Gasteiger partial charge < -0.3 is 15.4 Å². The van der Waals surface area contributed by atoms with Gasteiger partial charge in [0.15, 0.2) is 0 Å². The van der Waals surface area contributed by atoms with Gasteiger partial charge in [-0.2, -0.15) is 11.3 Å². The Labute approximate surface area is 153 Å². The first-order chi connectivity index (χ1) is 12.3. The van der Waals surface area contributed by atoms with E-state index in [9.17, 15) is 4.79 Å². The fourth-order valence-corrected chi connectivity index (χ4v) is 3.74. The topological polar surface area (TPSA) is 53.6 Å². The van der Waals surface area contributed by atoms with Gasteiger partial charge in [-0.25, -0.2) is 4.79 Å². The maximum atomic E-state index is 12.1. The Morgan fingerprint density at radius 3 is 2.68 bits per heavy atom. The van der Waals surface area contributed by atoms with Crippen molar-refractivity contribution in [2.75, 3.05) is 39.4 Å². The molecule has 0 aliphatic carbocycles. The van der Waals surface area contributed by atoms with Crippen molar-refractivity contribution in [2.24, 2.45) is 0 Å². The fraction of sp³-hybridized carbons (Fsp3) is 0.421. The number of nitrogens with zero attached hydrogens (tertiary/aromatic N) is 1. The van der Waals surface area contributed by atoms with Crippen LogP contribution in [0.15, 0.2) is 47.2 Å². The van der Waals surface area contributed by atoms with E-state index in [0.717, 1.165) is 32.7 Å². The molecule has 1 unspecified atom stereocenters. The molecule has 1 aromatic heterocycles. The molecule has 1 aliphatic rings. The molecule has 25 heavy (non-hydrogen) atoms. The molecule has 0 spiro atoms. The molecule has 0 bridgehead atoms. The molecule has 2 heterocycles. The summed E-state index contributed by atoms with van der Waals surface area (Å²) in [5.74, 6) is 0. The molecule has 2 amide bonds. The van der Waals surface area contributed by atoms with Gasteiger partial charge in [-0.3, -0.25) is 4.90 Å². The molecule has 2 aromatic rings. The molecule has 5 nitrogen and oxygen atoms in total. The number of ether oxygens (including phenoxy) is 1. The Morgan fingerprint density at radius 1 is 1.16 bits per heavy atom. The lowest BCUT2D eigenvalue weighted by molar-refractivity contribution is 0.0168. The SMILES string of the molecule is O=C(NCCc1ccccc1)NCC(c1ccsc1)N1CCOCC1. The van der Waals surface area contributed by atoms with Gasteiger partial charge in [0.2, 0.25) is 0 Å². The zero-order valence-corrected chi connectivity index (χ0v) is 15.1. The van der Waals surface area contributed by atoms with Crippen molar-refractivity contribution in [3.05, 3.63) is 58.3 Å². The smallest absolute Gasteiger partial charge is 0.314 e. The monoisotopic (exact) mass is 359 g/mol. The summed E-state index contributed by atoms with van der Waals surface area (Å²) in [6, 6.07) is 12.4. The van der Waals surface area contributed by atoms with E-state index >= 15 is 0 Å². The van der Waals surface area contributed by atoms with Gasteiger partial charge in [0, 0.05) is 26.2 Å². The van der Waals surface area contributed by atoms with Crippen molar-refractivity contribution in [1.29, 1.82) is 0 Å². The van der Waals surface area contributed by atoms with E-state index in [1.165, 1.54) is 11.1 Å². The van der Waals surface area contributed by atoms with Crippen LogP contribution in [0.25, 0.3) is 0 Å². The number of carbonyl (C=O) groups excluding carboxylic acids is 1. The number of morpholine rings is 1. The van der Waals surface area contributed by atoms with Gasteiger partial charge in [-0.05, 0) is 34.4 Å². The molecule has 1 aliphatic heterocycles. The van der Waals surface area contributed by atoms with Crippen molar-refractivity contribution >= 4 is 17.4 Å². The molecule has 0 saturated carbocycles. The summed E-state index contributed by atoms with van der Waals surface area (Å²) in [5, 5.41) is 10.2. The number of hydrogen-bond acceptors (Lipinski definition) is 4. The maximum Gasteiger partial charge on any atom is 0.314 e. The Kier molecular flexibility index (Phi) is 6.85. The molecule has 0 radical (unpaired) electrons. The number of nitrogens with one attached hydrogen (secondary N) is 2. The predicted octanol–water partition coefficient (Wildman–Crippen LogP) is 2.66.